The van der Waals surface area contributed by atoms with E-state index in [1.807, 2.05) is 31.2 Å². The summed E-state index contributed by atoms with van der Waals surface area (Å²) >= 11 is 9.52. The molecule has 0 fully saturated rings. The highest BCUT2D eigenvalue weighted by Gasteiger charge is 2.29. The van der Waals surface area contributed by atoms with Crippen molar-refractivity contribution in [3.05, 3.63) is 62.9 Å². The molecule has 1 aromatic heterocycles. The van der Waals surface area contributed by atoms with Crippen molar-refractivity contribution < 1.29 is 9.53 Å². The average Bonchev–Trinajstić information content (AvgIpc) is 2.62. The van der Waals surface area contributed by atoms with Crippen molar-refractivity contribution in [3.8, 4) is 5.75 Å². The lowest BCUT2D eigenvalue weighted by atomic mass is 9.87. The number of ether oxygens (including phenoxy) is 1. The van der Waals surface area contributed by atoms with Crippen molar-refractivity contribution in [2.75, 3.05) is 6.61 Å². The number of rotatable bonds is 4. The van der Waals surface area contributed by atoms with Crippen molar-refractivity contribution >= 4 is 38.9 Å². The van der Waals surface area contributed by atoms with Gasteiger partial charge in [0, 0.05) is 21.3 Å². The van der Waals surface area contributed by atoms with Crippen LogP contribution in [0, 0.1) is 5.92 Å². The lowest BCUT2D eigenvalue weighted by molar-refractivity contribution is -0.118. The molecule has 0 N–H and O–H groups in total. The van der Waals surface area contributed by atoms with Gasteiger partial charge in [0.2, 0.25) is 0 Å². The van der Waals surface area contributed by atoms with Gasteiger partial charge >= 0.3 is 0 Å². The monoisotopic (exact) mass is 419 g/mol. The molecule has 3 nitrogen and oxygen atoms in total. The molecule has 0 bridgehead atoms. The number of aryl methyl sites for hydroxylation is 1. The molecular weight excluding hydrogens is 402 g/mol. The number of hydrogen-bond acceptors (Lipinski definition) is 3. The summed E-state index contributed by atoms with van der Waals surface area (Å²) in [5.41, 5.74) is 3.45. The Bertz CT molecular complexity index is 848. The van der Waals surface area contributed by atoms with E-state index in [0.29, 0.717) is 23.6 Å². The number of carbonyl (C=O) groups excluding carboxylic acids is 1. The molecule has 0 saturated heterocycles. The molecule has 1 aromatic carbocycles. The molecule has 25 heavy (non-hydrogen) atoms. The summed E-state index contributed by atoms with van der Waals surface area (Å²) in [4.78, 5) is 17.6. The number of carbonyl (C=O) groups is 1. The Morgan fingerprint density at radius 1 is 1.44 bits per heavy atom. The number of ketones is 1. The molecule has 0 radical (unpaired) electrons. The molecule has 130 valence electrons. The highest BCUT2D eigenvalue weighted by molar-refractivity contribution is 9.10. The van der Waals surface area contributed by atoms with Gasteiger partial charge in [-0.25, -0.2) is 0 Å². The van der Waals surface area contributed by atoms with Crippen LogP contribution >= 0.6 is 27.5 Å². The Kier molecular flexibility index (Phi) is 5.60. The number of Topliss-reactive ketones (excluding diaryl/α,β-unsaturated/α-hetero) is 1. The van der Waals surface area contributed by atoms with Crippen molar-refractivity contribution in [2.24, 2.45) is 5.92 Å². The topological polar surface area (TPSA) is 39.2 Å². The van der Waals surface area contributed by atoms with E-state index in [9.17, 15) is 4.79 Å². The molecule has 1 aliphatic rings. The fraction of sp³-hybridized carbons (Fsp3) is 0.300. The van der Waals surface area contributed by atoms with E-state index in [1.54, 1.807) is 12.3 Å². The predicted octanol–water partition coefficient (Wildman–Crippen LogP) is 5.28. The fourth-order valence-electron chi connectivity index (χ4n) is 3.14. The number of hydrogen-bond donors (Lipinski definition) is 0. The van der Waals surface area contributed by atoms with E-state index in [2.05, 4.69) is 27.8 Å². The fourth-order valence-corrected chi connectivity index (χ4v) is 3.71. The zero-order valence-electron chi connectivity index (χ0n) is 14.2. The molecule has 0 spiro atoms. The van der Waals surface area contributed by atoms with Crippen LogP contribution in [0.15, 0.2) is 41.0 Å². The molecule has 1 unspecified atom stereocenters. The summed E-state index contributed by atoms with van der Waals surface area (Å²) < 4.78 is 6.70. The number of halogens is 2. The van der Waals surface area contributed by atoms with E-state index in [-0.39, 0.29) is 11.7 Å². The maximum atomic E-state index is 13.1. The first-order chi connectivity index (χ1) is 12.0. The van der Waals surface area contributed by atoms with Gasteiger partial charge in [0.25, 0.3) is 0 Å². The van der Waals surface area contributed by atoms with Crippen LogP contribution in [-0.4, -0.2) is 17.4 Å². The van der Waals surface area contributed by atoms with Gasteiger partial charge in [-0.3, -0.25) is 9.78 Å². The van der Waals surface area contributed by atoms with Crippen molar-refractivity contribution in [1.29, 1.82) is 0 Å². The number of pyridine rings is 1. The highest BCUT2D eigenvalue weighted by atomic mass is 79.9. The maximum absolute atomic E-state index is 13.1. The Labute approximate surface area is 161 Å². The smallest absolute Gasteiger partial charge is 0.171 e. The van der Waals surface area contributed by atoms with E-state index in [0.717, 1.165) is 33.5 Å². The summed E-state index contributed by atoms with van der Waals surface area (Å²) in [7, 11) is 0. The van der Waals surface area contributed by atoms with Crippen LogP contribution in [0.5, 0.6) is 5.75 Å². The van der Waals surface area contributed by atoms with Crippen LogP contribution in [0.1, 0.15) is 30.7 Å². The van der Waals surface area contributed by atoms with Crippen molar-refractivity contribution in [2.45, 2.75) is 26.7 Å². The van der Waals surface area contributed by atoms with Crippen molar-refractivity contribution in [1.82, 2.24) is 4.98 Å². The first-order valence-corrected chi connectivity index (χ1v) is 9.47. The van der Waals surface area contributed by atoms with Crippen LogP contribution in [0.25, 0.3) is 5.57 Å². The SMILES string of the molecule is C/C=C(/C(=O)C1COc2ccc(Cl)cc2C1)c1ncc(Br)cc1CC. The molecular formula is C20H19BrClNO2. The minimum Gasteiger partial charge on any atom is -0.493 e. The standard InChI is InChI=1S/C20H19BrClNO2/c1-3-12-8-15(21)10-23-19(12)17(4-2)20(24)14-7-13-9-16(22)5-6-18(13)25-11-14/h4-6,8-10,14H,3,7,11H2,1-2H3/b17-4+. The van der Waals surface area contributed by atoms with Gasteiger partial charge in [0.1, 0.15) is 5.75 Å². The van der Waals surface area contributed by atoms with Crippen LogP contribution in [-0.2, 0) is 17.6 Å². The Balaban J connectivity index is 1.89. The normalized spacial score (nSPS) is 17.0. The molecule has 1 atom stereocenters. The van der Waals surface area contributed by atoms with E-state index in [1.165, 1.54) is 0 Å². The third kappa shape index (κ3) is 3.80. The van der Waals surface area contributed by atoms with Gasteiger partial charge in [-0.05, 0) is 71.1 Å². The molecule has 2 aromatic rings. The lowest BCUT2D eigenvalue weighted by Gasteiger charge is -2.25. The van der Waals surface area contributed by atoms with E-state index in [4.69, 9.17) is 16.3 Å². The first kappa shape index (κ1) is 18.2. The second-order valence-corrected chi connectivity index (χ2v) is 7.40. The average molecular weight is 421 g/mol. The number of aromatic nitrogens is 1. The van der Waals surface area contributed by atoms with Gasteiger partial charge in [-0.15, -0.1) is 0 Å². The second-order valence-electron chi connectivity index (χ2n) is 6.05. The van der Waals surface area contributed by atoms with E-state index < -0.39 is 0 Å². The zero-order valence-corrected chi connectivity index (χ0v) is 16.5. The molecule has 2 heterocycles. The van der Waals surface area contributed by atoms with Gasteiger partial charge in [0.05, 0.1) is 18.2 Å². The van der Waals surface area contributed by atoms with E-state index >= 15 is 0 Å². The molecule has 1 aliphatic heterocycles. The maximum Gasteiger partial charge on any atom is 0.171 e. The minimum atomic E-state index is -0.229. The summed E-state index contributed by atoms with van der Waals surface area (Å²) in [6.07, 6.45) is 5.03. The number of allylic oxidation sites excluding steroid dienone is 2. The minimum absolute atomic E-state index is 0.0673. The van der Waals surface area contributed by atoms with Gasteiger partial charge in [-0.2, -0.15) is 0 Å². The predicted molar refractivity (Wildman–Crippen MR) is 104 cm³/mol. The summed E-state index contributed by atoms with van der Waals surface area (Å²) in [5, 5.41) is 0.657. The van der Waals surface area contributed by atoms with Gasteiger partial charge in [-0.1, -0.05) is 24.6 Å². The van der Waals surface area contributed by atoms with Crippen LogP contribution < -0.4 is 4.74 Å². The van der Waals surface area contributed by atoms with Crippen LogP contribution in [0.2, 0.25) is 5.02 Å². The Hall–Kier alpha value is -1.65. The first-order valence-electron chi connectivity index (χ1n) is 8.30. The summed E-state index contributed by atoms with van der Waals surface area (Å²) in [5.74, 6) is 0.649. The third-order valence-corrected chi connectivity index (χ3v) is 5.09. The Morgan fingerprint density at radius 3 is 2.96 bits per heavy atom. The summed E-state index contributed by atoms with van der Waals surface area (Å²) in [6.45, 7) is 4.32. The molecule has 3 rings (SSSR count). The number of benzene rings is 1. The Morgan fingerprint density at radius 2 is 2.24 bits per heavy atom. The van der Waals surface area contributed by atoms with Crippen LogP contribution in [0.3, 0.4) is 0 Å². The quantitative estimate of drug-likeness (QED) is 0.631. The number of fused-ring (bicyclic) bond motifs is 1. The zero-order chi connectivity index (χ0) is 18.0. The number of nitrogens with zero attached hydrogens (tertiary/aromatic N) is 1. The van der Waals surface area contributed by atoms with Crippen molar-refractivity contribution in [3.63, 3.8) is 0 Å². The molecule has 0 amide bonds. The van der Waals surface area contributed by atoms with Gasteiger partial charge in [0.15, 0.2) is 5.78 Å². The molecule has 0 aliphatic carbocycles. The molecule has 5 heteroatoms. The summed E-state index contributed by atoms with van der Waals surface area (Å²) in [6, 6.07) is 7.56. The van der Waals surface area contributed by atoms with Crippen LogP contribution in [0.4, 0.5) is 0 Å². The largest absolute Gasteiger partial charge is 0.493 e. The molecule has 0 saturated carbocycles. The lowest BCUT2D eigenvalue weighted by Crippen LogP contribution is -2.29. The second kappa shape index (κ2) is 7.71. The highest BCUT2D eigenvalue weighted by Crippen LogP contribution is 2.33. The van der Waals surface area contributed by atoms with Gasteiger partial charge < -0.3 is 4.74 Å². The third-order valence-electron chi connectivity index (χ3n) is 4.42.